The largest absolute Gasteiger partial charge is 0.431 e. The highest BCUT2D eigenvalue weighted by Gasteiger charge is 2.35. The number of hydrogen-bond donors (Lipinski definition) is 1. The predicted molar refractivity (Wildman–Crippen MR) is 61.5 cm³/mol. The number of para-hydroxylation sites is 1. The lowest BCUT2D eigenvalue weighted by molar-refractivity contribution is -0.142. The normalized spacial score (nSPS) is 11.5. The molecule has 0 saturated heterocycles. The molecule has 2 rings (SSSR count). The maximum Gasteiger partial charge on any atom is 0.431 e. The molecular weight excluding hydrogens is 245 g/mol. The number of rotatable bonds is 1. The summed E-state index contributed by atoms with van der Waals surface area (Å²) in [4.78, 5) is 11.7. The van der Waals surface area contributed by atoms with E-state index in [1.54, 1.807) is 18.2 Å². The number of halogens is 3. The van der Waals surface area contributed by atoms with Crippen molar-refractivity contribution in [1.29, 1.82) is 0 Å². The van der Waals surface area contributed by atoms with Crippen LogP contribution in [0.3, 0.4) is 0 Å². The SMILES string of the molecule is Nc1cc(C(F)(F)F)n(-c2ccccc2)c(=O)c1. The van der Waals surface area contributed by atoms with Crippen molar-refractivity contribution in [3.8, 4) is 5.69 Å². The van der Waals surface area contributed by atoms with Crippen LogP contribution in [0.4, 0.5) is 18.9 Å². The molecule has 0 aliphatic rings. The van der Waals surface area contributed by atoms with E-state index in [1.807, 2.05) is 0 Å². The monoisotopic (exact) mass is 254 g/mol. The van der Waals surface area contributed by atoms with Crippen molar-refractivity contribution in [2.24, 2.45) is 0 Å². The van der Waals surface area contributed by atoms with Gasteiger partial charge in [-0.3, -0.25) is 9.36 Å². The number of nitrogen functional groups attached to an aromatic ring is 1. The maximum atomic E-state index is 12.9. The Bertz CT molecular complexity index is 617. The Hall–Kier alpha value is -2.24. The highest BCUT2D eigenvalue weighted by atomic mass is 19.4. The van der Waals surface area contributed by atoms with Gasteiger partial charge < -0.3 is 5.73 Å². The molecule has 0 bridgehead atoms. The van der Waals surface area contributed by atoms with E-state index in [1.165, 1.54) is 12.1 Å². The average Bonchev–Trinajstić information content (AvgIpc) is 2.28. The third-order valence-corrected chi connectivity index (χ3v) is 2.36. The first-order valence-corrected chi connectivity index (χ1v) is 5.05. The van der Waals surface area contributed by atoms with Gasteiger partial charge in [0, 0.05) is 17.4 Å². The van der Waals surface area contributed by atoms with Gasteiger partial charge in [0.25, 0.3) is 5.56 Å². The molecule has 0 atom stereocenters. The molecule has 18 heavy (non-hydrogen) atoms. The van der Waals surface area contributed by atoms with Crippen LogP contribution in [-0.2, 0) is 6.18 Å². The third kappa shape index (κ3) is 2.22. The van der Waals surface area contributed by atoms with Crippen molar-refractivity contribution >= 4 is 5.69 Å². The Balaban J connectivity index is 2.78. The fraction of sp³-hybridized carbons (Fsp3) is 0.0833. The van der Waals surface area contributed by atoms with Crippen LogP contribution < -0.4 is 11.3 Å². The van der Waals surface area contributed by atoms with Crippen LogP contribution in [-0.4, -0.2) is 4.57 Å². The zero-order valence-corrected chi connectivity index (χ0v) is 9.11. The Morgan fingerprint density at radius 2 is 1.67 bits per heavy atom. The fourth-order valence-corrected chi connectivity index (χ4v) is 1.64. The van der Waals surface area contributed by atoms with Gasteiger partial charge in [0.1, 0.15) is 5.69 Å². The molecule has 1 aromatic heterocycles. The minimum Gasteiger partial charge on any atom is -0.399 e. The first-order chi connectivity index (χ1) is 8.39. The first kappa shape index (κ1) is 12.2. The summed E-state index contributed by atoms with van der Waals surface area (Å²) < 4.78 is 39.2. The highest BCUT2D eigenvalue weighted by molar-refractivity contribution is 5.43. The number of benzene rings is 1. The highest BCUT2D eigenvalue weighted by Crippen LogP contribution is 2.30. The number of alkyl halides is 3. The molecule has 3 nitrogen and oxygen atoms in total. The van der Waals surface area contributed by atoms with Gasteiger partial charge in [-0.2, -0.15) is 13.2 Å². The minimum atomic E-state index is -4.65. The van der Waals surface area contributed by atoms with Gasteiger partial charge in [-0.05, 0) is 18.2 Å². The lowest BCUT2D eigenvalue weighted by Gasteiger charge is -2.15. The van der Waals surface area contributed by atoms with Crippen molar-refractivity contribution in [1.82, 2.24) is 4.57 Å². The van der Waals surface area contributed by atoms with Gasteiger partial charge in [0.15, 0.2) is 0 Å². The summed E-state index contributed by atoms with van der Waals surface area (Å²) in [7, 11) is 0. The third-order valence-electron chi connectivity index (χ3n) is 2.36. The molecule has 0 aliphatic carbocycles. The van der Waals surface area contributed by atoms with Gasteiger partial charge in [0.2, 0.25) is 0 Å². The molecule has 6 heteroatoms. The fourth-order valence-electron chi connectivity index (χ4n) is 1.64. The average molecular weight is 254 g/mol. The number of anilines is 1. The van der Waals surface area contributed by atoms with Crippen molar-refractivity contribution in [3.05, 3.63) is 58.5 Å². The summed E-state index contributed by atoms with van der Waals surface area (Å²) in [6.07, 6.45) is -4.65. The summed E-state index contributed by atoms with van der Waals surface area (Å²) in [5, 5.41) is 0. The first-order valence-electron chi connectivity index (χ1n) is 5.05. The molecule has 0 unspecified atom stereocenters. The summed E-state index contributed by atoms with van der Waals surface area (Å²) in [5.74, 6) is 0. The van der Waals surface area contributed by atoms with Crippen molar-refractivity contribution in [2.75, 3.05) is 5.73 Å². The van der Waals surface area contributed by atoms with Crippen molar-refractivity contribution in [3.63, 3.8) is 0 Å². The van der Waals surface area contributed by atoms with E-state index in [0.717, 1.165) is 12.1 Å². The number of nitrogens with zero attached hydrogens (tertiary/aromatic N) is 1. The van der Waals surface area contributed by atoms with Crippen LogP contribution in [0.2, 0.25) is 0 Å². The lowest BCUT2D eigenvalue weighted by Crippen LogP contribution is -2.26. The van der Waals surface area contributed by atoms with Crippen molar-refractivity contribution in [2.45, 2.75) is 6.18 Å². The lowest BCUT2D eigenvalue weighted by atomic mass is 10.2. The maximum absolute atomic E-state index is 12.9. The Morgan fingerprint density at radius 1 is 1.06 bits per heavy atom. The van der Waals surface area contributed by atoms with E-state index in [0.29, 0.717) is 4.57 Å². The summed E-state index contributed by atoms with van der Waals surface area (Å²) in [6.45, 7) is 0. The number of nitrogens with two attached hydrogens (primary N) is 1. The predicted octanol–water partition coefficient (Wildman–Crippen LogP) is 2.44. The topological polar surface area (TPSA) is 48.0 Å². The number of pyridine rings is 1. The molecule has 2 aromatic rings. The van der Waals surface area contributed by atoms with E-state index in [9.17, 15) is 18.0 Å². The summed E-state index contributed by atoms with van der Waals surface area (Å²) in [6, 6.07) is 9.31. The smallest absolute Gasteiger partial charge is 0.399 e. The van der Waals surface area contributed by atoms with Gasteiger partial charge >= 0.3 is 6.18 Å². The summed E-state index contributed by atoms with van der Waals surface area (Å²) >= 11 is 0. The molecule has 0 amide bonds. The van der Waals surface area contributed by atoms with Gasteiger partial charge in [-0.15, -0.1) is 0 Å². The molecule has 1 aromatic carbocycles. The van der Waals surface area contributed by atoms with Crippen LogP contribution in [0.25, 0.3) is 5.69 Å². The van der Waals surface area contributed by atoms with Crippen LogP contribution in [0.15, 0.2) is 47.3 Å². The molecule has 0 radical (unpaired) electrons. The van der Waals surface area contributed by atoms with Crippen LogP contribution in [0, 0.1) is 0 Å². The van der Waals surface area contributed by atoms with E-state index in [4.69, 9.17) is 5.73 Å². The zero-order chi connectivity index (χ0) is 13.3. The molecule has 0 spiro atoms. The molecule has 1 heterocycles. The Kier molecular flexibility index (Phi) is 2.86. The zero-order valence-electron chi connectivity index (χ0n) is 9.11. The number of aromatic nitrogens is 1. The molecule has 0 fully saturated rings. The quantitative estimate of drug-likeness (QED) is 0.849. The second kappa shape index (κ2) is 4.21. The Labute approximate surface area is 100 Å². The molecular formula is C12H9F3N2O. The second-order valence-electron chi connectivity index (χ2n) is 3.68. The van der Waals surface area contributed by atoms with Gasteiger partial charge in [0.05, 0.1) is 0 Å². The van der Waals surface area contributed by atoms with Crippen LogP contribution >= 0.6 is 0 Å². The molecule has 2 N–H and O–H groups in total. The second-order valence-corrected chi connectivity index (χ2v) is 3.68. The molecule has 0 aliphatic heterocycles. The van der Waals surface area contributed by atoms with Gasteiger partial charge in [-0.25, -0.2) is 0 Å². The Morgan fingerprint density at radius 3 is 2.22 bits per heavy atom. The molecule has 0 saturated carbocycles. The summed E-state index contributed by atoms with van der Waals surface area (Å²) in [5.41, 5.74) is 3.33. The van der Waals surface area contributed by atoms with E-state index in [2.05, 4.69) is 0 Å². The number of hydrogen-bond acceptors (Lipinski definition) is 2. The van der Waals surface area contributed by atoms with Crippen LogP contribution in [0.5, 0.6) is 0 Å². The standard InChI is InChI=1S/C12H9F3N2O/c13-12(14,15)10-6-8(16)7-11(18)17(10)9-4-2-1-3-5-9/h1-7H,16H2. The minimum absolute atomic E-state index is 0.148. The van der Waals surface area contributed by atoms with Gasteiger partial charge in [-0.1, -0.05) is 18.2 Å². The molecule has 94 valence electrons. The van der Waals surface area contributed by atoms with E-state index >= 15 is 0 Å². The van der Waals surface area contributed by atoms with Crippen molar-refractivity contribution < 1.29 is 13.2 Å². The van der Waals surface area contributed by atoms with E-state index < -0.39 is 17.4 Å². The van der Waals surface area contributed by atoms with Crippen LogP contribution in [0.1, 0.15) is 5.69 Å². The van der Waals surface area contributed by atoms with E-state index in [-0.39, 0.29) is 11.4 Å².